The van der Waals surface area contributed by atoms with Crippen LogP contribution in [-0.4, -0.2) is 28.9 Å². The monoisotopic (exact) mass is 438 g/mol. The third kappa shape index (κ3) is 5.05. The number of pyridine rings is 2. The largest absolute Gasteiger partial charge is 0.760 e. The number of hydrogen-bond donors (Lipinski definition) is 1. The third-order valence-corrected chi connectivity index (χ3v) is 5.15. The summed E-state index contributed by atoms with van der Waals surface area (Å²) in [6, 6.07) is 15.1. The minimum absolute atomic E-state index is 0.0399. The number of benzene rings is 1. The number of nitrogens with one attached hydrogen (secondary N) is 1. The molecule has 4 aromatic rings. The molecule has 0 saturated carbocycles. The molecule has 0 radical (unpaired) electrons. The molecule has 10 heteroatoms. The molecule has 0 aliphatic carbocycles. The summed E-state index contributed by atoms with van der Waals surface area (Å²) < 4.78 is 43.3. The maximum Gasteiger partial charge on any atom is 0.224 e. The van der Waals surface area contributed by atoms with Crippen molar-refractivity contribution in [3.05, 3.63) is 108 Å². The van der Waals surface area contributed by atoms with Gasteiger partial charge in [-0.1, -0.05) is 24.3 Å². The zero-order valence-electron chi connectivity index (χ0n) is 16.1. The van der Waals surface area contributed by atoms with E-state index in [0.717, 1.165) is 11.1 Å². The SMILES string of the molecule is O=S([O-])NCc1cccc(C(c2ccc(F)cc2)C(c2cccnc2)c2nnco2)n1. The van der Waals surface area contributed by atoms with E-state index in [1.54, 1.807) is 42.7 Å². The molecule has 1 N–H and O–H groups in total. The number of nitrogens with zero attached hydrogens (tertiary/aromatic N) is 4. The van der Waals surface area contributed by atoms with E-state index in [4.69, 9.17) is 4.42 Å². The van der Waals surface area contributed by atoms with Gasteiger partial charge in [-0.2, -0.15) is 0 Å². The van der Waals surface area contributed by atoms with Gasteiger partial charge in [0.15, 0.2) is 0 Å². The van der Waals surface area contributed by atoms with Crippen LogP contribution in [0.2, 0.25) is 0 Å². The highest BCUT2D eigenvalue weighted by Gasteiger charge is 2.33. The second kappa shape index (κ2) is 9.65. The van der Waals surface area contributed by atoms with Gasteiger partial charge in [0, 0.05) is 41.8 Å². The highest BCUT2D eigenvalue weighted by atomic mass is 32.2. The van der Waals surface area contributed by atoms with Gasteiger partial charge in [-0.3, -0.25) is 14.2 Å². The van der Waals surface area contributed by atoms with Gasteiger partial charge in [0.2, 0.25) is 12.3 Å². The number of halogens is 1. The van der Waals surface area contributed by atoms with Crippen molar-refractivity contribution in [1.29, 1.82) is 0 Å². The molecule has 3 unspecified atom stereocenters. The van der Waals surface area contributed by atoms with Crippen LogP contribution in [0.4, 0.5) is 4.39 Å². The van der Waals surface area contributed by atoms with Gasteiger partial charge in [-0.05, 0) is 41.5 Å². The molecule has 0 aliphatic heterocycles. The molecule has 0 aliphatic rings. The van der Waals surface area contributed by atoms with Crippen LogP contribution in [0.25, 0.3) is 0 Å². The first-order chi connectivity index (χ1) is 15.1. The van der Waals surface area contributed by atoms with Gasteiger partial charge in [-0.15, -0.1) is 10.2 Å². The van der Waals surface area contributed by atoms with Crippen LogP contribution < -0.4 is 4.72 Å². The van der Waals surface area contributed by atoms with E-state index in [1.165, 1.54) is 18.5 Å². The maximum atomic E-state index is 13.7. The average Bonchev–Trinajstić information content (AvgIpc) is 3.32. The summed E-state index contributed by atoms with van der Waals surface area (Å²) in [4.78, 5) is 8.88. The Kier molecular flexibility index (Phi) is 6.51. The first-order valence-electron chi connectivity index (χ1n) is 9.32. The normalized spacial score (nSPS) is 14.1. The molecule has 0 fully saturated rings. The van der Waals surface area contributed by atoms with Crippen molar-refractivity contribution in [1.82, 2.24) is 24.9 Å². The Morgan fingerprint density at radius 2 is 1.90 bits per heavy atom. The Bertz CT molecular complexity index is 1140. The standard InChI is InChI=1S/C21H18FN5O3S/c22-16-8-6-14(7-9-16)19(18-5-1-4-17(26-18)12-25-31(28)29)20(21-27-24-13-30-21)15-3-2-10-23-11-15/h1-11,13,19-20,25H,12H2,(H,28,29)/p-1. The zero-order valence-corrected chi connectivity index (χ0v) is 16.9. The first-order valence-corrected chi connectivity index (χ1v) is 10.4. The topological polar surface area (TPSA) is 117 Å². The zero-order chi connectivity index (χ0) is 21.6. The van der Waals surface area contributed by atoms with Gasteiger partial charge >= 0.3 is 0 Å². The van der Waals surface area contributed by atoms with Crippen molar-refractivity contribution < 1.29 is 17.6 Å². The van der Waals surface area contributed by atoms with Crippen LogP contribution in [0, 0.1) is 5.82 Å². The Balaban J connectivity index is 1.85. The van der Waals surface area contributed by atoms with Crippen LogP contribution in [0.5, 0.6) is 0 Å². The second-order valence-electron chi connectivity index (χ2n) is 6.68. The van der Waals surface area contributed by atoms with E-state index in [0.29, 0.717) is 17.3 Å². The van der Waals surface area contributed by atoms with E-state index >= 15 is 0 Å². The van der Waals surface area contributed by atoms with Crippen molar-refractivity contribution in [2.24, 2.45) is 0 Å². The Labute approximate surface area is 180 Å². The molecule has 0 spiro atoms. The molecule has 158 valence electrons. The summed E-state index contributed by atoms with van der Waals surface area (Å²) in [5, 5.41) is 7.95. The quantitative estimate of drug-likeness (QED) is 0.420. The second-order valence-corrected chi connectivity index (χ2v) is 7.44. The van der Waals surface area contributed by atoms with Crippen LogP contribution >= 0.6 is 0 Å². The van der Waals surface area contributed by atoms with Gasteiger partial charge < -0.3 is 8.97 Å². The van der Waals surface area contributed by atoms with Crippen molar-refractivity contribution in [3.63, 3.8) is 0 Å². The lowest BCUT2D eigenvalue weighted by atomic mass is 9.79. The molecular formula is C21H17FN5O3S-. The average molecular weight is 438 g/mol. The maximum absolute atomic E-state index is 13.7. The fourth-order valence-electron chi connectivity index (χ4n) is 3.46. The molecule has 1 aromatic carbocycles. The minimum Gasteiger partial charge on any atom is -0.760 e. The predicted molar refractivity (Wildman–Crippen MR) is 109 cm³/mol. The van der Waals surface area contributed by atoms with Crippen LogP contribution in [0.3, 0.4) is 0 Å². The molecule has 8 nitrogen and oxygen atoms in total. The summed E-state index contributed by atoms with van der Waals surface area (Å²) in [6.45, 7) is 0.0399. The summed E-state index contributed by atoms with van der Waals surface area (Å²) in [7, 11) is 0. The molecule has 3 atom stereocenters. The smallest absolute Gasteiger partial charge is 0.224 e. The summed E-state index contributed by atoms with van der Waals surface area (Å²) in [6.07, 6.45) is 4.62. The first kappa shape index (κ1) is 20.9. The highest BCUT2D eigenvalue weighted by molar-refractivity contribution is 7.77. The van der Waals surface area contributed by atoms with E-state index in [9.17, 15) is 13.2 Å². The van der Waals surface area contributed by atoms with Crippen molar-refractivity contribution in [2.45, 2.75) is 18.4 Å². The molecular weight excluding hydrogens is 421 g/mol. The van der Waals surface area contributed by atoms with E-state index < -0.39 is 23.1 Å². The fraction of sp³-hybridized carbons (Fsp3) is 0.143. The molecule has 31 heavy (non-hydrogen) atoms. The number of hydrogen-bond acceptors (Lipinski definition) is 7. The van der Waals surface area contributed by atoms with Gasteiger partial charge in [0.25, 0.3) is 0 Å². The van der Waals surface area contributed by atoms with E-state index in [2.05, 4.69) is 24.9 Å². The molecule has 0 amide bonds. The molecule has 0 bridgehead atoms. The van der Waals surface area contributed by atoms with Crippen molar-refractivity contribution >= 4 is 11.3 Å². The summed E-state index contributed by atoms with van der Waals surface area (Å²) in [5.74, 6) is -0.885. The van der Waals surface area contributed by atoms with Crippen LogP contribution in [0.1, 0.15) is 40.2 Å². The lowest BCUT2D eigenvalue weighted by Gasteiger charge is -2.25. The van der Waals surface area contributed by atoms with Gasteiger partial charge in [-0.25, -0.2) is 9.11 Å². The third-order valence-electron chi connectivity index (χ3n) is 4.77. The molecule has 0 saturated heterocycles. The number of rotatable bonds is 8. The van der Waals surface area contributed by atoms with E-state index in [-0.39, 0.29) is 12.4 Å². The fourth-order valence-corrected chi connectivity index (χ4v) is 3.73. The molecule has 3 heterocycles. The van der Waals surface area contributed by atoms with Gasteiger partial charge in [0.1, 0.15) is 5.82 Å². The molecule has 3 aromatic heterocycles. The highest BCUT2D eigenvalue weighted by Crippen LogP contribution is 2.41. The van der Waals surface area contributed by atoms with Crippen molar-refractivity contribution in [3.8, 4) is 0 Å². The Morgan fingerprint density at radius 3 is 2.58 bits per heavy atom. The summed E-state index contributed by atoms with van der Waals surface area (Å²) in [5.41, 5.74) is 2.75. The minimum atomic E-state index is -2.41. The Hall–Kier alpha value is -3.34. The van der Waals surface area contributed by atoms with Gasteiger partial charge in [0.05, 0.1) is 11.6 Å². The van der Waals surface area contributed by atoms with Crippen LogP contribution in [0.15, 0.2) is 77.8 Å². The van der Waals surface area contributed by atoms with E-state index in [1.807, 2.05) is 12.1 Å². The van der Waals surface area contributed by atoms with Crippen LogP contribution in [-0.2, 0) is 17.8 Å². The Morgan fingerprint density at radius 1 is 1.06 bits per heavy atom. The molecule has 4 rings (SSSR count). The predicted octanol–water partition coefficient (Wildman–Crippen LogP) is 2.85. The van der Waals surface area contributed by atoms with Crippen molar-refractivity contribution in [2.75, 3.05) is 0 Å². The summed E-state index contributed by atoms with van der Waals surface area (Å²) >= 11 is -2.41. The lowest BCUT2D eigenvalue weighted by Crippen LogP contribution is -2.19. The lowest BCUT2D eigenvalue weighted by molar-refractivity contribution is 0.448. The number of aromatic nitrogens is 4.